The van der Waals surface area contributed by atoms with Crippen molar-refractivity contribution in [2.75, 3.05) is 17.0 Å². The van der Waals surface area contributed by atoms with E-state index in [9.17, 15) is 26.0 Å². The molecule has 1 rings (SSSR count). The van der Waals surface area contributed by atoms with Crippen molar-refractivity contribution in [3.05, 3.63) is 24.0 Å². The molecule has 1 aromatic carbocycles. The topological polar surface area (TPSA) is 121 Å². The van der Waals surface area contributed by atoms with Crippen molar-refractivity contribution >= 4 is 31.7 Å². The van der Waals surface area contributed by atoms with Crippen LogP contribution >= 0.6 is 0 Å². The Morgan fingerprint density at radius 2 is 1.88 bits per heavy atom. The summed E-state index contributed by atoms with van der Waals surface area (Å²) in [6.07, 6.45) is 0.335. The van der Waals surface area contributed by atoms with Gasteiger partial charge in [-0.05, 0) is 38.5 Å². The van der Waals surface area contributed by atoms with Crippen LogP contribution in [0.25, 0.3) is 0 Å². The van der Waals surface area contributed by atoms with Gasteiger partial charge in [-0.1, -0.05) is 6.92 Å². The molecule has 0 amide bonds. The zero-order valence-corrected chi connectivity index (χ0v) is 15.7. The molecule has 1 aromatic rings. The van der Waals surface area contributed by atoms with Crippen molar-refractivity contribution in [3.8, 4) is 0 Å². The maximum Gasteiger partial charge on any atom is 0.318 e. The van der Waals surface area contributed by atoms with Gasteiger partial charge in [-0.3, -0.25) is 9.52 Å². The van der Waals surface area contributed by atoms with E-state index in [1.54, 1.807) is 6.92 Å². The molecule has 0 saturated carbocycles. The van der Waals surface area contributed by atoms with Gasteiger partial charge in [0.05, 0.1) is 16.3 Å². The van der Waals surface area contributed by atoms with E-state index in [0.717, 1.165) is 12.1 Å². The van der Waals surface area contributed by atoms with Crippen LogP contribution in [0.5, 0.6) is 0 Å². The predicted octanol–water partition coefficient (Wildman–Crippen LogP) is 1.46. The molecule has 25 heavy (non-hydrogen) atoms. The van der Waals surface area contributed by atoms with Crippen molar-refractivity contribution in [1.82, 2.24) is 4.31 Å². The van der Waals surface area contributed by atoms with Gasteiger partial charge in [-0.2, -0.15) is 4.31 Å². The molecule has 0 spiro atoms. The third kappa shape index (κ3) is 5.65. The molecule has 0 fully saturated rings. The molecule has 8 nitrogen and oxygen atoms in total. The van der Waals surface area contributed by atoms with Crippen LogP contribution in [-0.2, 0) is 24.8 Å². The average molecular weight is 396 g/mol. The number of nitrogens with zero attached hydrogens (tertiary/aromatic N) is 1. The number of carboxylic acid groups (broad SMARTS) is 1. The fourth-order valence-corrected chi connectivity index (χ4v) is 4.78. The number of aliphatic carboxylic acids is 1. The molecule has 0 radical (unpaired) electrons. The highest BCUT2D eigenvalue weighted by Gasteiger charge is 2.29. The monoisotopic (exact) mass is 396 g/mol. The Bertz CT molecular complexity index is 837. The van der Waals surface area contributed by atoms with Crippen LogP contribution in [0.4, 0.5) is 10.1 Å². The number of nitrogens with one attached hydrogen (secondary N) is 1. The van der Waals surface area contributed by atoms with Gasteiger partial charge >= 0.3 is 5.97 Å². The summed E-state index contributed by atoms with van der Waals surface area (Å²) in [5.41, 5.74) is -0.373. The molecule has 0 heterocycles. The fraction of sp³-hybridized carbons (Fsp3) is 0.500. The van der Waals surface area contributed by atoms with Crippen LogP contribution in [-0.4, -0.2) is 50.6 Å². The van der Waals surface area contributed by atoms with E-state index in [0.29, 0.717) is 16.8 Å². The second-order valence-electron chi connectivity index (χ2n) is 5.60. The summed E-state index contributed by atoms with van der Waals surface area (Å²) in [5.74, 6) is -2.62. The third-order valence-electron chi connectivity index (χ3n) is 3.15. The Hall–Kier alpha value is -1.72. The normalized spacial score (nSPS) is 12.6. The minimum atomic E-state index is -4.25. The summed E-state index contributed by atoms with van der Waals surface area (Å²) in [4.78, 5) is 10.4. The van der Waals surface area contributed by atoms with Crippen molar-refractivity contribution in [2.24, 2.45) is 0 Å². The Morgan fingerprint density at radius 1 is 1.28 bits per heavy atom. The Labute approximate surface area is 146 Å². The molecule has 0 aliphatic heterocycles. The lowest BCUT2D eigenvalue weighted by atomic mass is 10.3. The SMILES string of the molecule is CCCS(=O)(=O)Nc1ccc(S(=O)(=O)N(CC(=O)O)C(C)C)cc1F. The van der Waals surface area contributed by atoms with Gasteiger partial charge < -0.3 is 5.11 Å². The Morgan fingerprint density at radius 3 is 2.32 bits per heavy atom. The van der Waals surface area contributed by atoms with E-state index in [4.69, 9.17) is 5.11 Å². The van der Waals surface area contributed by atoms with Gasteiger partial charge in [0.25, 0.3) is 0 Å². The van der Waals surface area contributed by atoms with E-state index in [2.05, 4.69) is 0 Å². The highest BCUT2D eigenvalue weighted by atomic mass is 32.2. The zero-order chi connectivity index (χ0) is 19.4. The summed E-state index contributed by atoms with van der Waals surface area (Å²) >= 11 is 0. The number of halogens is 1. The van der Waals surface area contributed by atoms with Crippen molar-refractivity contribution in [3.63, 3.8) is 0 Å². The number of hydrogen-bond acceptors (Lipinski definition) is 5. The molecule has 2 N–H and O–H groups in total. The molecule has 0 unspecified atom stereocenters. The molecule has 11 heteroatoms. The van der Waals surface area contributed by atoms with Gasteiger partial charge in [0.1, 0.15) is 12.4 Å². The number of carboxylic acids is 1. The predicted molar refractivity (Wildman–Crippen MR) is 90.8 cm³/mol. The molecular weight excluding hydrogens is 375 g/mol. The van der Waals surface area contributed by atoms with Crippen molar-refractivity contribution in [1.29, 1.82) is 0 Å². The second-order valence-corrected chi connectivity index (χ2v) is 9.33. The molecule has 0 atom stereocenters. The first-order chi connectivity index (χ1) is 11.4. The lowest BCUT2D eigenvalue weighted by Gasteiger charge is -2.24. The number of carbonyl (C=O) groups is 1. The van der Waals surface area contributed by atoms with Crippen LogP contribution in [0.3, 0.4) is 0 Å². The maximum atomic E-state index is 14.2. The minimum Gasteiger partial charge on any atom is -0.480 e. The minimum absolute atomic E-state index is 0.202. The van der Waals surface area contributed by atoms with E-state index in [1.165, 1.54) is 13.8 Å². The van der Waals surface area contributed by atoms with Gasteiger partial charge in [0.2, 0.25) is 20.0 Å². The van der Waals surface area contributed by atoms with Gasteiger partial charge in [-0.15, -0.1) is 0 Å². The summed E-state index contributed by atoms with van der Waals surface area (Å²) in [6.45, 7) is 3.86. The van der Waals surface area contributed by atoms with Crippen LogP contribution in [0.15, 0.2) is 23.1 Å². The lowest BCUT2D eigenvalue weighted by molar-refractivity contribution is -0.137. The molecule has 0 aromatic heterocycles. The van der Waals surface area contributed by atoms with Gasteiger partial charge in [0.15, 0.2) is 0 Å². The largest absolute Gasteiger partial charge is 0.480 e. The highest BCUT2D eigenvalue weighted by Crippen LogP contribution is 2.24. The van der Waals surface area contributed by atoms with Crippen LogP contribution < -0.4 is 4.72 Å². The average Bonchev–Trinajstić information content (AvgIpc) is 2.45. The fourth-order valence-electron chi connectivity index (χ4n) is 2.04. The Kier molecular flexibility index (Phi) is 6.91. The number of anilines is 1. The van der Waals surface area contributed by atoms with Gasteiger partial charge in [0, 0.05) is 6.04 Å². The second kappa shape index (κ2) is 8.11. The van der Waals surface area contributed by atoms with E-state index in [-0.39, 0.29) is 11.4 Å². The molecule has 0 aliphatic carbocycles. The number of hydrogen-bond donors (Lipinski definition) is 2. The summed E-state index contributed by atoms with van der Waals surface area (Å²) in [6, 6.07) is 2.02. The molecule has 0 saturated heterocycles. The number of sulfonamides is 2. The quantitative estimate of drug-likeness (QED) is 0.652. The van der Waals surface area contributed by atoms with E-state index in [1.807, 2.05) is 4.72 Å². The maximum absolute atomic E-state index is 14.2. The van der Waals surface area contributed by atoms with E-state index < -0.39 is 49.3 Å². The summed E-state index contributed by atoms with van der Waals surface area (Å²) < 4.78 is 65.3. The van der Waals surface area contributed by atoms with Crippen LogP contribution in [0, 0.1) is 5.82 Å². The first-order valence-corrected chi connectivity index (χ1v) is 10.5. The van der Waals surface area contributed by atoms with Crippen LogP contribution in [0.1, 0.15) is 27.2 Å². The summed E-state index contributed by atoms with van der Waals surface area (Å²) in [7, 11) is -7.98. The Balaban J connectivity index is 3.23. The lowest BCUT2D eigenvalue weighted by Crippen LogP contribution is -2.40. The standard InChI is InChI=1S/C14H21FN2O6S2/c1-4-7-24(20,21)16-13-6-5-11(8-12(13)15)25(22,23)17(10(2)3)9-14(18)19/h5-6,8,10,16H,4,7,9H2,1-3H3,(H,18,19). The summed E-state index contributed by atoms with van der Waals surface area (Å²) in [5, 5.41) is 8.86. The first-order valence-electron chi connectivity index (χ1n) is 7.44. The van der Waals surface area contributed by atoms with Gasteiger partial charge in [-0.25, -0.2) is 21.2 Å². The number of rotatable bonds is 9. The van der Waals surface area contributed by atoms with Crippen LogP contribution in [0.2, 0.25) is 0 Å². The number of benzene rings is 1. The van der Waals surface area contributed by atoms with Crippen molar-refractivity contribution in [2.45, 2.75) is 38.1 Å². The smallest absolute Gasteiger partial charge is 0.318 e. The molecule has 0 aliphatic rings. The van der Waals surface area contributed by atoms with E-state index >= 15 is 0 Å². The molecular formula is C14H21FN2O6S2. The van der Waals surface area contributed by atoms with Crippen molar-refractivity contribution < 1.29 is 31.1 Å². The zero-order valence-electron chi connectivity index (χ0n) is 14.1. The molecule has 142 valence electrons. The molecule has 0 bridgehead atoms. The first kappa shape index (κ1) is 21.3. The third-order valence-corrected chi connectivity index (χ3v) is 6.65. The highest BCUT2D eigenvalue weighted by molar-refractivity contribution is 7.92.